The Morgan fingerprint density at radius 2 is 2.00 bits per heavy atom. The topological polar surface area (TPSA) is 0 Å². The van der Waals surface area contributed by atoms with E-state index >= 15 is 0 Å². The van der Waals surface area contributed by atoms with Crippen molar-refractivity contribution in [2.45, 2.75) is 11.8 Å². The maximum absolute atomic E-state index is 6.38. The highest BCUT2D eigenvalue weighted by molar-refractivity contribution is 9.10. The Kier molecular flexibility index (Phi) is 3.84. The van der Waals surface area contributed by atoms with Crippen LogP contribution in [0.25, 0.3) is 0 Å². The van der Waals surface area contributed by atoms with Gasteiger partial charge in [-0.2, -0.15) is 0 Å². The van der Waals surface area contributed by atoms with Crippen molar-refractivity contribution in [1.82, 2.24) is 0 Å². The summed E-state index contributed by atoms with van der Waals surface area (Å²) in [5.74, 6) is 0. The fourth-order valence-electron chi connectivity index (χ4n) is 1.44. The third kappa shape index (κ3) is 2.83. The first-order valence-electron chi connectivity index (χ1n) is 4.68. The zero-order valence-electron chi connectivity index (χ0n) is 7.99. The van der Waals surface area contributed by atoms with E-state index in [-0.39, 0.29) is 5.38 Å². The smallest absolute Gasteiger partial charge is 0.0644 e. The fraction of sp³-hybridized carbons (Fsp3) is 0.167. The van der Waals surface area contributed by atoms with Gasteiger partial charge in [0.25, 0.3) is 0 Å². The quantitative estimate of drug-likeness (QED) is 0.697. The molecule has 0 fully saturated rings. The standard InChI is InChI=1S/C12H10BrClS/c13-11-6-2-1-5-10(11)12(14)8-9-4-3-7-15-9/h1-7,12H,8H2. The van der Waals surface area contributed by atoms with E-state index in [2.05, 4.69) is 39.5 Å². The molecule has 2 rings (SSSR count). The molecule has 0 aliphatic rings. The van der Waals surface area contributed by atoms with Crippen molar-refractivity contribution in [3.63, 3.8) is 0 Å². The lowest BCUT2D eigenvalue weighted by molar-refractivity contribution is 0.932. The Morgan fingerprint density at radius 1 is 1.20 bits per heavy atom. The molecule has 0 aliphatic carbocycles. The van der Waals surface area contributed by atoms with Crippen molar-refractivity contribution in [2.24, 2.45) is 0 Å². The van der Waals surface area contributed by atoms with Crippen molar-refractivity contribution >= 4 is 38.9 Å². The first-order valence-corrected chi connectivity index (χ1v) is 6.79. The lowest BCUT2D eigenvalue weighted by atomic mass is 10.1. The molecule has 1 heterocycles. The van der Waals surface area contributed by atoms with E-state index in [4.69, 9.17) is 11.6 Å². The minimum atomic E-state index is 0.0409. The van der Waals surface area contributed by atoms with Crippen molar-refractivity contribution in [3.8, 4) is 0 Å². The van der Waals surface area contributed by atoms with Gasteiger partial charge in [0.15, 0.2) is 0 Å². The fourth-order valence-corrected chi connectivity index (χ4v) is 3.34. The molecule has 0 spiro atoms. The van der Waals surface area contributed by atoms with Crippen molar-refractivity contribution < 1.29 is 0 Å². The molecule has 15 heavy (non-hydrogen) atoms. The number of hydrogen-bond donors (Lipinski definition) is 0. The van der Waals surface area contributed by atoms with Gasteiger partial charge in [0, 0.05) is 15.8 Å². The van der Waals surface area contributed by atoms with Crippen LogP contribution in [0.5, 0.6) is 0 Å². The average molecular weight is 302 g/mol. The van der Waals surface area contributed by atoms with E-state index in [1.165, 1.54) is 4.88 Å². The third-order valence-electron chi connectivity index (χ3n) is 2.20. The summed E-state index contributed by atoms with van der Waals surface area (Å²) in [5, 5.41) is 2.12. The van der Waals surface area contributed by atoms with Gasteiger partial charge in [0.1, 0.15) is 0 Å². The monoisotopic (exact) mass is 300 g/mol. The maximum atomic E-state index is 6.38. The first-order chi connectivity index (χ1) is 7.27. The van der Waals surface area contributed by atoms with E-state index in [9.17, 15) is 0 Å². The highest BCUT2D eigenvalue weighted by Gasteiger charge is 2.11. The molecule has 2 aromatic rings. The Bertz CT molecular complexity index is 425. The predicted molar refractivity (Wildman–Crippen MR) is 70.8 cm³/mol. The average Bonchev–Trinajstić information content (AvgIpc) is 2.71. The van der Waals surface area contributed by atoms with Crippen LogP contribution in [0, 0.1) is 0 Å². The molecule has 0 saturated heterocycles. The van der Waals surface area contributed by atoms with E-state index in [0.29, 0.717) is 0 Å². The molecule has 0 nitrogen and oxygen atoms in total. The molecule has 1 aromatic heterocycles. The molecule has 3 heteroatoms. The molecule has 1 unspecified atom stereocenters. The summed E-state index contributed by atoms with van der Waals surface area (Å²) in [6.07, 6.45) is 0.891. The summed E-state index contributed by atoms with van der Waals surface area (Å²) in [5.41, 5.74) is 1.16. The number of hydrogen-bond acceptors (Lipinski definition) is 1. The molecular formula is C12H10BrClS. The minimum absolute atomic E-state index is 0.0409. The third-order valence-corrected chi connectivity index (χ3v) is 4.21. The largest absolute Gasteiger partial charge is 0.149 e. The number of alkyl halides is 1. The number of rotatable bonds is 3. The van der Waals surface area contributed by atoms with Crippen LogP contribution in [0.15, 0.2) is 46.3 Å². The Hall–Kier alpha value is -0.310. The van der Waals surface area contributed by atoms with Gasteiger partial charge in [-0.25, -0.2) is 0 Å². The maximum Gasteiger partial charge on any atom is 0.0644 e. The summed E-state index contributed by atoms with van der Waals surface area (Å²) in [6.45, 7) is 0. The van der Waals surface area contributed by atoms with Crippen LogP contribution in [0.2, 0.25) is 0 Å². The highest BCUT2D eigenvalue weighted by Crippen LogP contribution is 2.31. The van der Waals surface area contributed by atoms with Crippen LogP contribution in [0.4, 0.5) is 0 Å². The van der Waals surface area contributed by atoms with E-state index in [1.54, 1.807) is 11.3 Å². The van der Waals surface area contributed by atoms with Crippen LogP contribution in [0.3, 0.4) is 0 Å². The molecular weight excluding hydrogens is 292 g/mol. The molecule has 0 N–H and O–H groups in total. The minimum Gasteiger partial charge on any atom is -0.149 e. The van der Waals surface area contributed by atoms with Crippen molar-refractivity contribution in [1.29, 1.82) is 0 Å². The number of halogens is 2. The van der Waals surface area contributed by atoms with Gasteiger partial charge in [-0.1, -0.05) is 40.2 Å². The number of benzene rings is 1. The Labute approximate surface area is 107 Å². The summed E-state index contributed by atoms with van der Waals surface area (Å²) in [7, 11) is 0. The molecule has 78 valence electrons. The summed E-state index contributed by atoms with van der Waals surface area (Å²) in [4.78, 5) is 1.32. The highest BCUT2D eigenvalue weighted by atomic mass is 79.9. The molecule has 1 atom stereocenters. The van der Waals surface area contributed by atoms with Gasteiger partial charge in [-0.15, -0.1) is 22.9 Å². The zero-order valence-corrected chi connectivity index (χ0v) is 11.1. The summed E-state index contributed by atoms with van der Waals surface area (Å²) < 4.78 is 1.08. The van der Waals surface area contributed by atoms with E-state index in [1.807, 2.05) is 18.2 Å². The predicted octanol–water partition coefficient (Wildman–Crippen LogP) is 5.03. The van der Waals surface area contributed by atoms with Gasteiger partial charge >= 0.3 is 0 Å². The summed E-state index contributed by atoms with van der Waals surface area (Å²) in [6, 6.07) is 12.3. The second-order valence-electron chi connectivity index (χ2n) is 3.27. The lowest BCUT2D eigenvalue weighted by Crippen LogP contribution is -1.94. The SMILES string of the molecule is ClC(Cc1cccs1)c1ccccc1Br. The lowest BCUT2D eigenvalue weighted by Gasteiger charge is -2.10. The molecule has 0 aliphatic heterocycles. The normalized spacial score (nSPS) is 12.7. The molecule has 0 amide bonds. The first kappa shape index (κ1) is 11.2. The van der Waals surface area contributed by atoms with E-state index in [0.717, 1.165) is 16.5 Å². The van der Waals surface area contributed by atoms with Crippen molar-refractivity contribution in [3.05, 3.63) is 56.7 Å². The van der Waals surface area contributed by atoms with Crippen LogP contribution < -0.4 is 0 Å². The van der Waals surface area contributed by atoms with Crippen LogP contribution >= 0.6 is 38.9 Å². The van der Waals surface area contributed by atoms with Gasteiger partial charge in [-0.3, -0.25) is 0 Å². The van der Waals surface area contributed by atoms with Crippen LogP contribution in [-0.4, -0.2) is 0 Å². The number of thiophene rings is 1. The molecule has 0 saturated carbocycles. The second kappa shape index (κ2) is 5.15. The van der Waals surface area contributed by atoms with Crippen LogP contribution in [-0.2, 0) is 6.42 Å². The van der Waals surface area contributed by atoms with Gasteiger partial charge in [-0.05, 0) is 23.1 Å². The zero-order chi connectivity index (χ0) is 10.7. The molecule has 1 aromatic carbocycles. The van der Waals surface area contributed by atoms with Gasteiger partial charge in [0.2, 0.25) is 0 Å². The molecule has 0 radical (unpaired) electrons. The van der Waals surface area contributed by atoms with Gasteiger partial charge < -0.3 is 0 Å². The molecule has 0 bridgehead atoms. The Morgan fingerprint density at radius 3 is 2.67 bits per heavy atom. The van der Waals surface area contributed by atoms with Gasteiger partial charge in [0.05, 0.1) is 5.38 Å². The van der Waals surface area contributed by atoms with Crippen molar-refractivity contribution in [2.75, 3.05) is 0 Å². The van der Waals surface area contributed by atoms with Crippen LogP contribution in [0.1, 0.15) is 15.8 Å². The van der Waals surface area contributed by atoms with E-state index < -0.39 is 0 Å². The Balaban J connectivity index is 2.15. The summed E-state index contributed by atoms with van der Waals surface area (Å²) >= 11 is 11.7. The second-order valence-corrected chi connectivity index (χ2v) is 5.69.